The molecule has 1 heterocycles. The lowest BCUT2D eigenvalue weighted by Gasteiger charge is -2.16. The van der Waals surface area contributed by atoms with E-state index in [1.54, 1.807) is 0 Å². The lowest BCUT2D eigenvalue weighted by atomic mass is 9.89. The summed E-state index contributed by atoms with van der Waals surface area (Å²) in [6, 6.07) is 6.62. The number of hydrogen-bond donors (Lipinski definition) is 1. The fraction of sp³-hybridized carbons (Fsp3) is 0.400. The van der Waals surface area contributed by atoms with Crippen LogP contribution in [0.5, 0.6) is 0 Å². The van der Waals surface area contributed by atoms with Crippen LogP contribution in [-0.2, 0) is 19.4 Å². The third-order valence-corrected chi connectivity index (χ3v) is 3.81. The normalized spacial score (nSPS) is 14.6. The Morgan fingerprint density at radius 2 is 2.00 bits per heavy atom. The van der Waals surface area contributed by atoms with Crippen LogP contribution in [0.4, 0.5) is 0 Å². The molecular weight excluding hydrogens is 224 g/mol. The maximum absolute atomic E-state index is 5.77. The van der Waals surface area contributed by atoms with E-state index in [1.807, 2.05) is 6.92 Å². The second-order valence-corrected chi connectivity index (χ2v) is 4.96. The highest BCUT2D eigenvalue weighted by Crippen LogP contribution is 2.29. The summed E-state index contributed by atoms with van der Waals surface area (Å²) in [6.45, 7) is 2.39. The van der Waals surface area contributed by atoms with Gasteiger partial charge < -0.3 is 10.3 Å². The van der Waals surface area contributed by atoms with E-state index >= 15 is 0 Å². The Labute approximate surface area is 107 Å². The van der Waals surface area contributed by atoms with E-state index in [2.05, 4.69) is 23.4 Å². The summed E-state index contributed by atoms with van der Waals surface area (Å²) in [4.78, 5) is 0. The van der Waals surface area contributed by atoms with E-state index < -0.39 is 0 Å². The van der Waals surface area contributed by atoms with E-state index in [0.29, 0.717) is 6.54 Å². The van der Waals surface area contributed by atoms with E-state index in [1.165, 1.54) is 36.8 Å². The second-order valence-electron chi connectivity index (χ2n) is 4.96. The molecule has 0 amide bonds. The first kappa shape index (κ1) is 11.5. The van der Waals surface area contributed by atoms with Crippen molar-refractivity contribution >= 4 is 0 Å². The predicted octanol–water partition coefficient (Wildman–Crippen LogP) is 2.99. The van der Waals surface area contributed by atoms with E-state index in [9.17, 15) is 0 Å². The molecule has 1 aliphatic rings. The summed E-state index contributed by atoms with van der Waals surface area (Å²) in [5, 5.41) is 4.15. The molecule has 2 N–H and O–H groups in total. The Hall–Kier alpha value is -1.61. The van der Waals surface area contributed by atoms with E-state index in [-0.39, 0.29) is 0 Å². The van der Waals surface area contributed by atoms with Gasteiger partial charge in [0.1, 0.15) is 11.5 Å². The lowest BCUT2D eigenvalue weighted by Crippen LogP contribution is -2.03. The average Bonchev–Trinajstić information content (AvgIpc) is 2.79. The molecule has 0 atom stereocenters. The Morgan fingerprint density at radius 3 is 2.78 bits per heavy atom. The van der Waals surface area contributed by atoms with Gasteiger partial charge in [-0.15, -0.1) is 0 Å². The molecule has 3 nitrogen and oxygen atoms in total. The number of aromatic nitrogens is 1. The van der Waals surface area contributed by atoms with Gasteiger partial charge in [0.25, 0.3) is 0 Å². The fourth-order valence-corrected chi connectivity index (χ4v) is 2.74. The molecule has 94 valence electrons. The van der Waals surface area contributed by atoms with Crippen LogP contribution in [0, 0.1) is 6.92 Å². The minimum atomic E-state index is 0.474. The van der Waals surface area contributed by atoms with E-state index in [0.717, 1.165) is 22.6 Å². The van der Waals surface area contributed by atoms with Crippen molar-refractivity contribution in [2.24, 2.45) is 5.73 Å². The Bertz CT molecular complexity index is 572. The first-order valence-corrected chi connectivity index (χ1v) is 6.57. The number of rotatable bonds is 2. The van der Waals surface area contributed by atoms with Crippen LogP contribution in [0.25, 0.3) is 11.3 Å². The number of hydrogen-bond acceptors (Lipinski definition) is 3. The molecule has 18 heavy (non-hydrogen) atoms. The van der Waals surface area contributed by atoms with Gasteiger partial charge in [-0.2, -0.15) is 0 Å². The first-order valence-electron chi connectivity index (χ1n) is 6.57. The van der Waals surface area contributed by atoms with Gasteiger partial charge in [-0.3, -0.25) is 0 Å². The molecule has 0 unspecified atom stereocenters. The number of nitrogens with zero attached hydrogens (tertiary/aromatic N) is 1. The van der Waals surface area contributed by atoms with Crippen LogP contribution in [0.15, 0.2) is 22.7 Å². The van der Waals surface area contributed by atoms with Crippen LogP contribution in [0.3, 0.4) is 0 Å². The molecule has 3 heteroatoms. The molecule has 2 aromatic rings. The van der Waals surface area contributed by atoms with Gasteiger partial charge in [0.05, 0.1) is 0 Å². The highest BCUT2D eigenvalue weighted by atomic mass is 16.5. The van der Waals surface area contributed by atoms with Crippen molar-refractivity contribution in [3.05, 3.63) is 40.6 Å². The molecule has 0 saturated heterocycles. The van der Waals surface area contributed by atoms with Crippen molar-refractivity contribution in [3.63, 3.8) is 0 Å². The lowest BCUT2D eigenvalue weighted by molar-refractivity contribution is 0.398. The molecule has 1 aliphatic carbocycles. The maximum atomic E-state index is 5.77. The summed E-state index contributed by atoms with van der Waals surface area (Å²) < 4.78 is 5.26. The second kappa shape index (κ2) is 4.58. The molecule has 0 spiro atoms. The van der Waals surface area contributed by atoms with Gasteiger partial charge in [-0.05, 0) is 49.8 Å². The third-order valence-electron chi connectivity index (χ3n) is 3.81. The molecule has 0 radical (unpaired) electrons. The van der Waals surface area contributed by atoms with Crippen molar-refractivity contribution < 1.29 is 4.52 Å². The summed E-state index contributed by atoms with van der Waals surface area (Å²) in [5.74, 6) is 0.824. The Kier molecular flexibility index (Phi) is 2.92. The standard InChI is InChI=1S/C15H18N2O/c1-10-14(9-16)15(17-18-10)13-7-6-11-4-2-3-5-12(11)8-13/h6-8H,2-5,9,16H2,1H3. The SMILES string of the molecule is Cc1onc(-c2ccc3c(c2)CCCC3)c1CN. The van der Waals surface area contributed by atoms with Gasteiger partial charge >= 0.3 is 0 Å². The highest BCUT2D eigenvalue weighted by Gasteiger charge is 2.15. The third kappa shape index (κ3) is 1.85. The van der Waals surface area contributed by atoms with Crippen LogP contribution in [0.1, 0.15) is 35.3 Å². The smallest absolute Gasteiger partial charge is 0.138 e. The molecule has 3 rings (SSSR count). The monoisotopic (exact) mass is 242 g/mol. The van der Waals surface area contributed by atoms with Crippen molar-refractivity contribution in [3.8, 4) is 11.3 Å². The highest BCUT2D eigenvalue weighted by molar-refractivity contribution is 5.65. The zero-order chi connectivity index (χ0) is 12.5. The largest absolute Gasteiger partial charge is 0.361 e. The van der Waals surface area contributed by atoms with Crippen molar-refractivity contribution in [1.29, 1.82) is 0 Å². The summed E-state index contributed by atoms with van der Waals surface area (Å²) in [6.07, 6.45) is 4.98. The zero-order valence-corrected chi connectivity index (χ0v) is 10.7. The fourth-order valence-electron chi connectivity index (χ4n) is 2.74. The molecule has 0 bridgehead atoms. The summed E-state index contributed by atoms with van der Waals surface area (Å²) in [7, 11) is 0. The van der Waals surface area contributed by atoms with E-state index in [4.69, 9.17) is 10.3 Å². The number of benzene rings is 1. The molecular formula is C15H18N2O. The minimum absolute atomic E-state index is 0.474. The van der Waals surface area contributed by atoms with Gasteiger partial charge in [-0.25, -0.2) is 0 Å². The van der Waals surface area contributed by atoms with Crippen LogP contribution in [-0.4, -0.2) is 5.16 Å². The summed E-state index contributed by atoms with van der Waals surface area (Å²) >= 11 is 0. The quantitative estimate of drug-likeness (QED) is 0.880. The van der Waals surface area contributed by atoms with Crippen LogP contribution < -0.4 is 5.73 Å². The van der Waals surface area contributed by atoms with Gasteiger partial charge in [0.2, 0.25) is 0 Å². The number of aryl methyl sites for hydroxylation is 3. The topological polar surface area (TPSA) is 52.0 Å². The molecule has 0 aliphatic heterocycles. The van der Waals surface area contributed by atoms with Crippen molar-refractivity contribution in [1.82, 2.24) is 5.16 Å². The zero-order valence-electron chi connectivity index (χ0n) is 10.7. The van der Waals surface area contributed by atoms with Crippen LogP contribution in [0.2, 0.25) is 0 Å². The molecule has 0 fully saturated rings. The number of fused-ring (bicyclic) bond motifs is 1. The first-order chi connectivity index (χ1) is 8.79. The minimum Gasteiger partial charge on any atom is -0.361 e. The van der Waals surface area contributed by atoms with Crippen molar-refractivity contribution in [2.75, 3.05) is 0 Å². The molecule has 1 aromatic carbocycles. The van der Waals surface area contributed by atoms with Gasteiger partial charge in [0, 0.05) is 17.7 Å². The maximum Gasteiger partial charge on any atom is 0.138 e. The molecule has 0 saturated carbocycles. The van der Waals surface area contributed by atoms with Gasteiger partial charge in [-0.1, -0.05) is 17.3 Å². The Morgan fingerprint density at radius 1 is 1.22 bits per heavy atom. The Balaban J connectivity index is 2.06. The molecule has 1 aromatic heterocycles. The van der Waals surface area contributed by atoms with Gasteiger partial charge in [0.15, 0.2) is 0 Å². The average molecular weight is 242 g/mol. The predicted molar refractivity (Wildman–Crippen MR) is 71.2 cm³/mol. The summed E-state index contributed by atoms with van der Waals surface area (Å²) in [5.41, 5.74) is 11.8. The number of nitrogens with two attached hydrogens (primary N) is 1. The van der Waals surface area contributed by atoms with Crippen molar-refractivity contribution in [2.45, 2.75) is 39.2 Å². The van der Waals surface area contributed by atoms with Crippen LogP contribution >= 0.6 is 0 Å².